The molecule has 1 aromatic heterocycles. The van der Waals surface area contributed by atoms with Gasteiger partial charge in [0.2, 0.25) is 17.7 Å². The van der Waals surface area contributed by atoms with Gasteiger partial charge in [0, 0.05) is 49.1 Å². The van der Waals surface area contributed by atoms with Crippen LogP contribution in [0.15, 0.2) is 57.0 Å². The number of methoxy groups -OCH3 is 2. The standard InChI is InChI=1S/C42H50N6O7/c1-23(2)29(21-37(49)53-5)40(50)47-15-8-10-35(47)32-19-27-17-26(11-13-30(27)44-32)39-45-33-18-25(12-14-36(33)55-39)28-20-31(43-22-28)34-9-7-16-48(34)41(51)38(24(3)4)46-42(52)54-6/h11-14,17-18,22-24,29,34-35,38H,7-10,15-16,19-21H2,1-6H3,(H,46,52)/t29-,34-,35-,38-/m0/s1. The smallest absolute Gasteiger partial charge is 0.407 e. The molecule has 2 fully saturated rings. The molecule has 13 heteroatoms. The minimum absolute atomic E-state index is 0.00760. The number of hydrogen-bond donors (Lipinski definition) is 1. The number of oxazole rings is 1. The Kier molecular flexibility index (Phi) is 10.9. The highest BCUT2D eigenvalue weighted by molar-refractivity contribution is 6.04. The molecule has 2 saturated heterocycles. The minimum Gasteiger partial charge on any atom is -0.469 e. The number of carbonyl (C=O) groups is 4. The predicted octanol–water partition coefficient (Wildman–Crippen LogP) is 6.51. The Labute approximate surface area is 321 Å². The van der Waals surface area contributed by atoms with Crippen LogP contribution in [0, 0.1) is 17.8 Å². The fourth-order valence-electron chi connectivity index (χ4n) is 8.35. The van der Waals surface area contributed by atoms with Gasteiger partial charge in [0.1, 0.15) is 11.6 Å². The van der Waals surface area contributed by atoms with Gasteiger partial charge in [0.05, 0.1) is 44.3 Å². The highest BCUT2D eigenvalue weighted by Gasteiger charge is 2.40. The number of aliphatic imine (C=N–C) groups is 2. The number of rotatable bonds is 11. The second-order valence-corrected chi connectivity index (χ2v) is 15.6. The van der Waals surface area contributed by atoms with Gasteiger partial charge >= 0.3 is 12.1 Å². The van der Waals surface area contributed by atoms with Crippen LogP contribution in [-0.4, -0.2) is 95.5 Å². The molecule has 290 valence electrons. The van der Waals surface area contributed by atoms with Crippen molar-refractivity contribution in [2.75, 3.05) is 27.3 Å². The van der Waals surface area contributed by atoms with E-state index >= 15 is 0 Å². The zero-order valence-electron chi connectivity index (χ0n) is 32.5. The summed E-state index contributed by atoms with van der Waals surface area (Å²) in [6.45, 7) is 9.02. The van der Waals surface area contributed by atoms with Gasteiger partial charge in [0.25, 0.3) is 0 Å². The van der Waals surface area contributed by atoms with Crippen LogP contribution < -0.4 is 5.32 Å². The van der Waals surface area contributed by atoms with Crippen molar-refractivity contribution < 1.29 is 33.1 Å². The molecule has 0 aliphatic carbocycles. The number of benzene rings is 2. The summed E-state index contributed by atoms with van der Waals surface area (Å²) in [5.74, 6) is -0.508. The second-order valence-electron chi connectivity index (χ2n) is 15.6. The molecule has 7 rings (SSSR count). The summed E-state index contributed by atoms with van der Waals surface area (Å²) < 4.78 is 15.9. The molecule has 0 unspecified atom stereocenters. The maximum absolute atomic E-state index is 13.7. The van der Waals surface area contributed by atoms with Crippen LogP contribution in [0.1, 0.15) is 77.3 Å². The quantitative estimate of drug-likeness (QED) is 0.218. The number of carbonyl (C=O) groups excluding carboxylic acids is 4. The Morgan fingerprint density at radius 1 is 0.855 bits per heavy atom. The van der Waals surface area contributed by atoms with Crippen LogP contribution >= 0.6 is 0 Å². The van der Waals surface area contributed by atoms with Gasteiger partial charge in [-0.05, 0) is 84.6 Å². The molecule has 3 aromatic rings. The normalized spacial score (nSPS) is 20.4. The monoisotopic (exact) mass is 750 g/mol. The highest BCUT2D eigenvalue weighted by Crippen LogP contribution is 2.37. The number of allylic oxidation sites excluding steroid dienone is 1. The third-order valence-electron chi connectivity index (χ3n) is 11.4. The molecule has 4 atom stereocenters. The molecule has 0 radical (unpaired) electrons. The molecule has 1 N–H and O–H groups in total. The SMILES string of the molecule is COC(=O)C[C@H](C(=O)N1CCC[C@H]1C1=Nc2ccc(-c3nc4cc(C5=CN=C([C@@H]6CCCN6C(=O)[C@@H](NC(=O)OC)C(C)C)C5)ccc4o3)cc2C1)C(C)C. The van der Waals surface area contributed by atoms with Gasteiger partial charge in [-0.15, -0.1) is 0 Å². The van der Waals surface area contributed by atoms with Crippen LogP contribution in [0.25, 0.3) is 28.1 Å². The molecular formula is C42H50N6O7. The van der Waals surface area contributed by atoms with E-state index in [-0.39, 0.29) is 48.1 Å². The van der Waals surface area contributed by atoms with Gasteiger partial charge in [-0.3, -0.25) is 24.4 Å². The van der Waals surface area contributed by atoms with E-state index in [2.05, 4.69) is 11.4 Å². The van der Waals surface area contributed by atoms with E-state index in [1.807, 2.05) is 74.0 Å². The van der Waals surface area contributed by atoms with Crippen molar-refractivity contribution >= 4 is 57.7 Å². The minimum atomic E-state index is -0.678. The molecule has 5 heterocycles. The predicted molar refractivity (Wildman–Crippen MR) is 209 cm³/mol. The molecule has 55 heavy (non-hydrogen) atoms. The molecule has 13 nitrogen and oxygen atoms in total. The molecule has 0 spiro atoms. The number of aromatic nitrogens is 1. The molecule has 0 saturated carbocycles. The van der Waals surface area contributed by atoms with Crippen molar-refractivity contribution in [1.29, 1.82) is 0 Å². The number of likely N-dealkylation sites (tertiary alicyclic amines) is 2. The summed E-state index contributed by atoms with van der Waals surface area (Å²) in [5, 5.41) is 2.71. The molecular weight excluding hydrogens is 700 g/mol. The Bertz CT molecular complexity index is 2100. The summed E-state index contributed by atoms with van der Waals surface area (Å²) in [6, 6.07) is 11.1. The van der Waals surface area contributed by atoms with Crippen LogP contribution in [0.5, 0.6) is 0 Å². The third-order valence-corrected chi connectivity index (χ3v) is 11.4. The first-order valence-electron chi connectivity index (χ1n) is 19.3. The summed E-state index contributed by atoms with van der Waals surface area (Å²) in [4.78, 5) is 69.8. The van der Waals surface area contributed by atoms with Gasteiger partial charge < -0.3 is 29.0 Å². The number of hydrogen-bond acceptors (Lipinski definition) is 10. The fraction of sp³-hybridized carbons (Fsp3) is 0.500. The molecule has 0 bridgehead atoms. The Morgan fingerprint density at radius 3 is 2.25 bits per heavy atom. The molecule has 4 aliphatic heterocycles. The first-order chi connectivity index (χ1) is 26.4. The van der Waals surface area contributed by atoms with E-state index < -0.39 is 18.1 Å². The lowest BCUT2D eigenvalue weighted by atomic mass is 9.90. The van der Waals surface area contributed by atoms with E-state index in [1.54, 1.807) is 0 Å². The largest absolute Gasteiger partial charge is 0.469 e. The van der Waals surface area contributed by atoms with Crippen LogP contribution in [0.2, 0.25) is 0 Å². The first kappa shape index (κ1) is 38.0. The average molecular weight is 751 g/mol. The van der Waals surface area contributed by atoms with Gasteiger partial charge in [0.15, 0.2) is 5.58 Å². The number of amides is 3. The lowest BCUT2D eigenvalue weighted by molar-refractivity contribution is -0.148. The number of fused-ring (bicyclic) bond motifs is 2. The summed E-state index contributed by atoms with van der Waals surface area (Å²) in [5.41, 5.74) is 8.14. The van der Waals surface area contributed by atoms with E-state index in [0.29, 0.717) is 37.4 Å². The maximum atomic E-state index is 13.7. The third kappa shape index (κ3) is 7.66. The Balaban J connectivity index is 1.02. The van der Waals surface area contributed by atoms with Crippen molar-refractivity contribution in [3.05, 3.63) is 53.7 Å². The maximum Gasteiger partial charge on any atom is 0.407 e. The van der Waals surface area contributed by atoms with E-state index in [1.165, 1.54) is 14.2 Å². The number of nitrogens with one attached hydrogen (secondary N) is 1. The number of nitrogens with zero attached hydrogens (tertiary/aromatic N) is 5. The van der Waals surface area contributed by atoms with Crippen molar-refractivity contribution in [1.82, 2.24) is 20.1 Å². The van der Waals surface area contributed by atoms with Gasteiger partial charge in [-0.2, -0.15) is 0 Å². The van der Waals surface area contributed by atoms with Crippen molar-refractivity contribution in [2.24, 2.45) is 27.7 Å². The number of ether oxygens (including phenoxy) is 2. The lowest BCUT2D eigenvalue weighted by Crippen LogP contribution is -2.53. The van der Waals surface area contributed by atoms with Crippen LogP contribution in [-0.2, 0) is 30.3 Å². The summed E-state index contributed by atoms with van der Waals surface area (Å²) in [6.07, 6.45) is 6.00. The molecule has 2 aromatic carbocycles. The van der Waals surface area contributed by atoms with Crippen molar-refractivity contribution in [3.8, 4) is 11.5 Å². The van der Waals surface area contributed by atoms with E-state index in [0.717, 1.165) is 70.6 Å². The zero-order valence-corrected chi connectivity index (χ0v) is 32.5. The Hall–Kier alpha value is -5.33. The van der Waals surface area contributed by atoms with Gasteiger partial charge in [-0.1, -0.05) is 33.8 Å². The zero-order chi connectivity index (χ0) is 39.0. The van der Waals surface area contributed by atoms with Crippen molar-refractivity contribution in [2.45, 2.75) is 90.8 Å². The average Bonchev–Trinajstić information content (AvgIpc) is 4.02. The topological polar surface area (TPSA) is 156 Å². The van der Waals surface area contributed by atoms with Crippen molar-refractivity contribution in [3.63, 3.8) is 0 Å². The summed E-state index contributed by atoms with van der Waals surface area (Å²) in [7, 11) is 2.65. The van der Waals surface area contributed by atoms with Crippen LogP contribution in [0.3, 0.4) is 0 Å². The van der Waals surface area contributed by atoms with E-state index in [9.17, 15) is 19.2 Å². The van der Waals surface area contributed by atoms with Crippen LogP contribution in [0.4, 0.5) is 10.5 Å². The summed E-state index contributed by atoms with van der Waals surface area (Å²) >= 11 is 0. The molecule has 4 aliphatic rings. The second kappa shape index (κ2) is 15.8. The fourth-order valence-corrected chi connectivity index (χ4v) is 8.35. The number of alkyl carbamates (subject to hydrolysis) is 1. The number of esters is 1. The lowest BCUT2D eigenvalue weighted by Gasteiger charge is -2.31. The first-order valence-corrected chi connectivity index (χ1v) is 19.3. The van der Waals surface area contributed by atoms with Gasteiger partial charge in [-0.25, -0.2) is 9.78 Å². The van der Waals surface area contributed by atoms with E-state index in [4.69, 9.17) is 28.9 Å². The highest BCUT2D eigenvalue weighted by atomic mass is 16.5. The molecule has 3 amide bonds. The Morgan fingerprint density at radius 2 is 1.56 bits per heavy atom.